The van der Waals surface area contributed by atoms with Crippen LogP contribution in [0.15, 0.2) is 36.4 Å². The van der Waals surface area contributed by atoms with Gasteiger partial charge in [-0.25, -0.2) is 8.42 Å². The van der Waals surface area contributed by atoms with E-state index in [1.807, 2.05) is 18.2 Å². The van der Waals surface area contributed by atoms with E-state index < -0.39 is 9.84 Å². The summed E-state index contributed by atoms with van der Waals surface area (Å²) in [5.41, 5.74) is 5.57. The van der Waals surface area contributed by atoms with Gasteiger partial charge in [0.25, 0.3) is 0 Å². The van der Waals surface area contributed by atoms with E-state index in [9.17, 15) is 13.2 Å². The molecule has 5 heteroatoms. The van der Waals surface area contributed by atoms with Crippen molar-refractivity contribution in [2.24, 2.45) is 5.92 Å². The molecule has 2 aromatic carbocycles. The van der Waals surface area contributed by atoms with E-state index in [2.05, 4.69) is 18.2 Å². The third kappa shape index (κ3) is 4.08. The standard InChI is InChI=1S/C22H24O4S/c23-14-17-4-5-18-2-1-3-19-13-20(6-7-21(19)22(18)12-17)26-15-16-8-10-27(24,25)11-9-16/h4-7,12-14,16H,1-3,8-11,15H2. The third-order valence-electron chi connectivity index (χ3n) is 5.69. The van der Waals surface area contributed by atoms with Crippen LogP contribution in [0.1, 0.15) is 40.7 Å². The van der Waals surface area contributed by atoms with Crippen LogP contribution in [-0.4, -0.2) is 32.8 Å². The first-order valence-electron chi connectivity index (χ1n) is 9.59. The van der Waals surface area contributed by atoms with E-state index in [0.29, 0.717) is 30.9 Å². The smallest absolute Gasteiger partial charge is 0.150 e. The van der Waals surface area contributed by atoms with Gasteiger partial charge in [-0.2, -0.15) is 0 Å². The molecule has 1 fully saturated rings. The summed E-state index contributed by atoms with van der Waals surface area (Å²) in [5, 5.41) is 0. The number of carbonyl (C=O) groups is 1. The van der Waals surface area contributed by atoms with Crippen LogP contribution >= 0.6 is 0 Å². The highest BCUT2D eigenvalue weighted by Crippen LogP contribution is 2.35. The van der Waals surface area contributed by atoms with Gasteiger partial charge in [0.05, 0.1) is 18.1 Å². The molecule has 0 unspecified atom stereocenters. The van der Waals surface area contributed by atoms with Crippen molar-refractivity contribution in [3.63, 3.8) is 0 Å². The molecule has 0 radical (unpaired) electrons. The fraction of sp³-hybridized carbons (Fsp3) is 0.409. The van der Waals surface area contributed by atoms with Crippen LogP contribution < -0.4 is 4.74 Å². The number of benzene rings is 2. The molecule has 0 saturated carbocycles. The largest absolute Gasteiger partial charge is 0.493 e. The van der Waals surface area contributed by atoms with Crippen LogP contribution in [-0.2, 0) is 22.7 Å². The minimum absolute atomic E-state index is 0.279. The molecular weight excluding hydrogens is 360 g/mol. The van der Waals surface area contributed by atoms with Crippen LogP contribution in [0.4, 0.5) is 0 Å². The average molecular weight is 384 g/mol. The van der Waals surface area contributed by atoms with E-state index in [0.717, 1.165) is 36.9 Å². The molecule has 0 amide bonds. The molecule has 142 valence electrons. The van der Waals surface area contributed by atoms with Gasteiger partial charge in [0.15, 0.2) is 0 Å². The lowest BCUT2D eigenvalue weighted by Crippen LogP contribution is -2.26. The Morgan fingerprint density at radius 1 is 0.963 bits per heavy atom. The second-order valence-corrected chi connectivity index (χ2v) is 9.92. The van der Waals surface area contributed by atoms with Crippen molar-refractivity contribution in [1.29, 1.82) is 0 Å². The lowest BCUT2D eigenvalue weighted by molar-refractivity contribution is 0.112. The Bertz CT molecular complexity index is 948. The molecule has 1 aliphatic heterocycles. The SMILES string of the molecule is O=Cc1ccc2c(c1)-c1ccc(OCC3CCS(=O)(=O)CC3)cc1CCC2. The summed E-state index contributed by atoms with van der Waals surface area (Å²) < 4.78 is 29.1. The van der Waals surface area contributed by atoms with Crippen molar-refractivity contribution in [3.8, 4) is 16.9 Å². The Morgan fingerprint density at radius 3 is 2.52 bits per heavy atom. The molecule has 4 rings (SSSR count). The molecule has 2 aromatic rings. The fourth-order valence-electron chi connectivity index (χ4n) is 4.05. The molecule has 2 aliphatic rings. The van der Waals surface area contributed by atoms with Gasteiger partial charge in [0.1, 0.15) is 21.9 Å². The quantitative estimate of drug-likeness (QED) is 0.751. The maximum Gasteiger partial charge on any atom is 0.150 e. The first-order chi connectivity index (χ1) is 13.0. The zero-order chi connectivity index (χ0) is 18.9. The number of hydrogen-bond acceptors (Lipinski definition) is 4. The molecular formula is C22H24O4S. The molecule has 1 saturated heterocycles. The Labute approximate surface area is 160 Å². The first-order valence-corrected chi connectivity index (χ1v) is 11.4. The summed E-state index contributed by atoms with van der Waals surface area (Å²) >= 11 is 0. The predicted molar refractivity (Wildman–Crippen MR) is 106 cm³/mol. The maximum absolute atomic E-state index is 11.5. The molecule has 0 bridgehead atoms. The Hall–Kier alpha value is -2.14. The normalized spacial score (nSPS) is 18.8. The summed E-state index contributed by atoms with van der Waals surface area (Å²) in [6.07, 6.45) is 5.34. The number of aldehydes is 1. The van der Waals surface area contributed by atoms with Gasteiger partial charge in [-0.1, -0.05) is 18.2 Å². The van der Waals surface area contributed by atoms with E-state index in [1.165, 1.54) is 16.7 Å². The first kappa shape index (κ1) is 18.2. The van der Waals surface area contributed by atoms with E-state index in [4.69, 9.17) is 4.74 Å². The van der Waals surface area contributed by atoms with Gasteiger partial charge in [0, 0.05) is 5.56 Å². The van der Waals surface area contributed by atoms with Crippen molar-refractivity contribution in [1.82, 2.24) is 0 Å². The predicted octanol–water partition coefficient (Wildman–Crippen LogP) is 3.86. The van der Waals surface area contributed by atoms with Crippen molar-refractivity contribution >= 4 is 16.1 Å². The van der Waals surface area contributed by atoms with Gasteiger partial charge < -0.3 is 4.74 Å². The number of ether oxygens (including phenoxy) is 1. The number of rotatable bonds is 4. The zero-order valence-electron chi connectivity index (χ0n) is 15.3. The summed E-state index contributed by atoms with van der Waals surface area (Å²) in [5.74, 6) is 1.71. The van der Waals surface area contributed by atoms with Crippen molar-refractivity contribution < 1.29 is 17.9 Å². The summed E-state index contributed by atoms with van der Waals surface area (Å²) in [7, 11) is -2.83. The molecule has 0 aromatic heterocycles. The number of sulfone groups is 1. The summed E-state index contributed by atoms with van der Waals surface area (Å²) in [4.78, 5) is 11.2. The molecule has 0 atom stereocenters. The second-order valence-electron chi connectivity index (χ2n) is 7.61. The highest BCUT2D eigenvalue weighted by Gasteiger charge is 2.24. The topological polar surface area (TPSA) is 60.4 Å². The summed E-state index contributed by atoms with van der Waals surface area (Å²) in [6.45, 7) is 0.570. The molecule has 1 aliphatic carbocycles. The highest BCUT2D eigenvalue weighted by atomic mass is 32.2. The molecule has 0 spiro atoms. The van der Waals surface area contributed by atoms with Crippen LogP contribution in [0.2, 0.25) is 0 Å². The number of carbonyl (C=O) groups excluding carboxylic acids is 1. The Morgan fingerprint density at radius 2 is 1.74 bits per heavy atom. The molecule has 4 nitrogen and oxygen atoms in total. The minimum Gasteiger partial charge on any atom is -0.493 e. The number of aryl methyl sites for hydroxylation is 2. The van der Waals surface area contributed by atoms with E-state index in [1.54, 1.807) is 0 Å². The van der Waals surface area contributed by atoms with Crippen molar-refractivity contribution in [2.75, 3.05) is 18.1 Å². The Kier molecular flexibility index (Phi) is 5.04. The Balaban J connectivity index is 1.52. The van der Waals surface area contributed by atoms with Crippen LogP contribution in [0.3, 0.4) is 0 Å². The maximum atomic E-state index is 11.5. The van der Waals surface area contributed by atoms with Gasteiger partial charge in [-0.05, 0) is 78.5 Å². The fourth-order valence-corrected chi connectivity index (χ4v) is 5.64. The van der Waals surface area contributed by atoms with E-state index in [-0.39, 0.29) is 11.5 Å². The van der Waals surface area contributed by atoms with Crippen molar-refractivity contribution in [2.45, 2.75) is 32.1 Å². The van der Waals surface area contributed by atoms with Crippen LogP contribution in [0, 0.1) is 5.92 Å². The van der Waals surface area contributed by atoms with Gasteiger partial charge in [-0.3, -0.25) is 4.79 Å². The number of fused-ring (bicyclic) bond motifs is 3. The lowest BCUT2D eigenvalue weighted by Gasteiger charge is -2.22. The lowest BCUT2D eigenvalue weighted by atomic mass is 9.95. The highest BCUT2D eigenvalue weighted by molar-refractivity contribution is 7.91. The second kappa shape index (κ2) is 7.47. The zero-order valence-corrected chi connectivity index (χ0v) is 16.1. The monoisotopic (exact) mass is 384 g/mol. The molecule has 27 heavy (non-hydrogen) atoms. The van der Waals surface area contributed by atoms with Crippen LogP contribution in [0.5, 0.6) is 5.75 Å². The van der Waals surface area contributed by atoms with Gasteiger partial charge >= 0.3 is 0 Å². The minimum atomic E-state index is -2.83. The average Bonchev–Trinajstić information content (AvgIpc) is 2.85. The number of hydrogen-bond donors (Lipinski definition) is 0. The summed E-state index contributed by atoms with van der Waals surface area (Å²) in [6, 6.07) is 12.1. The van der Waals surface area contributed by atoms with E-state index >= 15 is 0 Å². The van der Waals surface area contributed by atoms with Crippen LogP contribution in [0.25, 0.3) is 11.1 Å². The molecule has 1 heterocycles. The third-order valence-corrected chi connectivity index (χ3v) is 7.40. The van der Waals surface area contributed by atoms with Gasteiger partial charge in [-0.15, -0.1) is 0 Å². The molecule has 0 N–H and O–H groups in total. The van der Waals surface area contributed by atoms with Crippen molar-refractivity contribution in [3.05, 3.63) is 53.1 Å². The van der Waals surface area contributed by atoms with Gasteiger partial charge in [0.2, 0.25) is 0 Å².